The van der Waals surface area contributed by atoms with Crippen LogP contribution < -0.4 is 9.47 Å². The quantitative estimate of drug-likeness (QED) is 0.581. The van der Waals surface area contributed by atoms with Crippen LogP contribution in [0.5, 0.6) is 11.5 Å². The maximum atomic E-state index is 12.3. The second-order valence-corrected chi connectivity index (χ2v) is 9.12. The number of carboxylic acid groups (broad SMARTS) is 1. The smallest absolute Gasteiger partial charge is 0.336 e. The Morgan fingerprint density at radius 3 is 2.19 bits per heavy atom. The van der Waals surface area contributed by atoms with Gasteiger partial charge in [0.25, 0.3) is 0 Å². The molecule has 0 radical (unpaired) electrons. The van der Waals surface area contributed by atoms with Crippen molar-refractivity contribution in [2.75, 3.05) is 26.4 Å². The fourth-order valence-electron chi connectivity index (χ4n) is 5.05. The van der Waals surface area contributed by atoms with E-state index in [1.54, 1.807) is 12.1 Å². The molecule has 2 saturated heterocycles. The predicted molar refractivity (Wildman–Crippen MR) is 119 cm³/mol. The summed E-state index contributed by atoms with van der Waals surface area (Å²) in [5.74, 6) is 0.663. The molecule has 1 N–H and O–H groups in total. The van der Waals surface area contributed by atoms with Crippen molar-refractivity contribution in [1.82, 2.24) is 0 Å². The maximum Gasteiger partial charge on any atom is 0.336 e. The summed E-state index contributed by atoms with van der Waals surface area (Å²) in [7, 11) is 0. The largest absolute Gasteiger partial charge is 0.491 e. The Morgan fingerprint density at radius 1 is 0.969 bits per heavy atom. The first-order valence-electron chi connectivity index (χ1n) is 11.5. The Morgan fingerprint density at radius 2 is 1.59 bits per heavy atom. The van der Waals surface area contributed by atoms with E-state index in [4.69, 9.17) is 18.9 Å². The van der Waals surface area contributed by atoms with Crippen molar-refractivity contribution in [1.29, 1.82) is 0 Å². The van der Waals surface area contributed by atoms with E-state index in [0.29, 0.717) is 18.8 Å². The van der Waals surface area contributed by atoms with Crippen LogP contribution in [0.2, 0.25) is 0 Å². The van der Waals surface area contributed by atoms with E-state index in [0.717, 1.165) is 67.1 Å². The highest BCUT2D eigenvalue weighted by Gasteiger charge is 2.40. The zero-order chi connectivity index (χ0) is 22.1. The van der Waals surface area contributed by atoms with Crippen molar-refractivity contribution >= 4 is 5.97 Å². The van der Waals surface area contributed by atoms with Gasteiger partial charge in [-0.1, -0.05) is 31.4 Å². The van der Waals surface area contributed by atoms with Gasteiger partial charge in [-0.25, -0.2) is 4.79 Å². The first-order chi connectivity index (χ1) is 15.6. The summed E-state index contributed by atoms with van der Waals surface area (Å²) in [6.45, 7) is 4.55. The number of epoxide rings is 2. The minimum atomic E-state index is -0.894. The van der Waals surface area contributed by atoms with Crippen molar-refractivity contribution in [3.05, 3.63) is 58.7 Å². The first-order valence-corrected chi connectivity index (χ1v) is 11.5. The summed E-state index contributed by atoms with van der Waals surface area (Å²) >= 11 is 0. The van der Waals surface area contributed by atoms with E-state index in [9.17, 15) is 9.90 Å². The minimum Gasteiger partial charge on any atom is -0.491 e. The van der Waals surface area contributed by atoms with Gasteiger partial charge in [-0.15, -0.1) is 0 Å². The van der Waals surface area contributed by atoms with Crippen LogP contribution in [0.1, 0.15) is 59.2 Å². The molecule has 2 aromatic carbocycles. The summed E-state index contributed by atoms with van der Waals surface area (Å²) in [6.07, 6.45) is 5.49. The summed E-state index contributed by atoms with van der Waals surface area (Å²) in [5.41, 5.74) is 2.95. The van der Waals surface area contributed by atoms with Gasteiger partial charge in [0.1, 0.15) is 36.9 Å². The molecule has 6 heteroatoms. The number of hydrogen-bond acceptors (Lipinski definition) is 5. The van der Waals surface area contributed by atoms with E-state index in [1.807, 2.05) is 19.1 Å². The van der Waals surface area contributed by atoms with Gasteiger partial charge in [-0.05, 0) is 60.7 Å². The number of rotatable bonds is 9. The van der Waals surface area contributed by atoms with Crippen LogP contribution in [-0.2, 0) is 14.9 Å². The van der Waals surface area contributed by atoms with Gasteiger partial charge in [0.15, 0.2) is 0 Å². The molecule has 0 amide bonds. The van der Waals surface area contributed by atoms with Crippen molar-refractivity contribution < 1.29 is 28.8 Å². The number of hydrogen-bond donors (Lipinski definition) is 1. The van der Waals surface area contributed by atoms with Crippen molar-refractivity contribution in [2.45, 2.75) is 56.7 Å². The average molecular weight is 439 g/mol. The Hall–Kier alpha value is -2.57. The van der Waals surface area contributed by atoms with Crippen LogP contribution in [0, 0.1) is 6.92 Å². The fourth-order valence-corrected chi connectivity index (χ4v) is 5.05. The highest BCUT2D eigenvalue weighted by molar-refractivity contribution is 5.91. The molecular formula is C26H30O6. The molecule has 2 atom stereocenters. The van der Waals surface area contributed by atoms with E-state index in [2.05, 4.69) is 12.1 Å². The lowest BCUT2D eigenvalue weighted by Crippen LogP contribution is -2.33. The van der Waals surface area contributed by atoms with Gasteiger partial charge in [0.2, 0.25) is 0 Å². The predicted octanol–water partition coefficient (Wildman–Crippen LogP) is 4.50. The number of carboxylic acids is 1. The summed E-state index contributed by atoms with van der Waals surface area (Å²) in [6, 6.07) is 11.7. The molecule has 32 heavy (non-hydrogen) atoms. The lowest BCUT2D eigenvalue weighted by Gasteiger charge is -2.40. The van der Waals surface area contributed by atoms with Crippen LogP contribution in [0.3, 0.4) is 0 Å². The molecule has 2 unspecified atom stereocenters. The summed E-state index contributed by atoms with van der Waals surface area (Å²) < 4.78 is 22.4. The molecule has 0 spiro atoms. The van der Waals surface area contributed by atoms with Gasteiger partial charge in [0, 0.05) is 5.41 Å². The number of benzene rings is 2. The highest BCUT2D eigenvalue weighted by atomic mass is 16.6. The Kier molecular flexibility index (Phi) is 5.82. The normalized spacial score (nSPS) is 23.4. The van der Waals surface area contributed by atoms with Crippen molar-refractivity contribution in [3.63, 3.8) is 0 Å². The van der Waals surface area contributed by atoms with Crippen LogP contribution in [0.4, 0.5) is 0 Å². The van der Waals surface area contributed by atoms with Gasteiger partial charge < -0.3 is 24.1 Å². The lowest BCUT2D eigenvalue weighted by molar-refractivity contribution is 0.0693. The van der Waals surface area contributed by atoms with Gasteiger partial charge in [-0.3, -0.25) is 0 Å². The standard InChI is InChI=1S/C26H30O6/c1-17-23(32-16-21-15-31-21)10-9-22(25(27)28)24(17)26(11-3-2-4-12-26)18-5-7-19(8-6-18)29-13-20-14-30-20/h5-10,20-21H,2-4,11-16H2,1H3,(H,27,28). The maximum absolute atomic E-state index is 12.3. The number of aromatic carboxylic acids is 1. The Balaban J connectivity index is 1.53. The van der Waals surface area contributed by atoms with E-state index in [-0.39, 0.29) is 17.6 Å². The summed E-state index contributed by atoms with van der Waals surface area (Å²) in [5, 5.41) is 10.1. The summed E-state index contributed by atoms with van der Waals surface area (Å²) in [4.78, 5) is 12.3. The first kappa shape index (κ1) is 21.3. The van der Waals surface area contributed by atoms with Gasteiger partial charge in [-0.2, -0.15) is 0 Å². The van der Waals surface area contributed by atoms with E-state index < -0.39 is 5.97 Å². The second-order valence-electron chi connectivity index (χ2n) is 9.12. The third-order valence-corrected chi connectivity index (χ3v) is 6.90. The Labute approximate surface area is 188 Å². The third kappa shape index (κ3) is 4.34. The molecule has 2 aromatic rings. The SMILES string of the molecule is Cc1c(OCC2CO2)ccc(C(=O)O)c1C1(c2ccc(OCC3CO3)cc2)CCCCC1. The van der Waals surface area contributed by atoms with Crippen molar-refractivity contribution in [3.8, 4) is 11.5 Å². The lowest BCUT2D eigenvalue weighted by atomic mass is 9.63. The van der Waals surface area contributed by atoms with Gasteiger partial charge >= 0.3 is 5.97 Å². The van der Waals surface area contributed by atoms with Crippen LogP contribution in [-0.4, -0.2) is 49.7 Å². The fraction of sp³-hybridized carbons (Fsp3) is 0.500. The highest BCUT2D eigenvalue weighted by Crippen LogP contribution is 2.49. The Bertz CT molecular complexity index is 969. The molecule has 2 heterocycles. The number of carbonyl (C=O) groups is 1. The van der Waals surface area contributed by atoms with Crippen LogP contribution in [0.15, 0.2) is 36.4 Å². The third-order valence-electron chi connectivity index (χ3n) is 6.90. The molecule has 5 rings (SSSR count). The van der Waals surface area contributed by atoms with Crippen LogP contribution >= 0.6 is 0 Å². The van der Waals surface area contributed by atoms with Crippen molar-refractivity contribution in [2.24, 2.45) is 0 Å². The molecule has 1 aliphatic carbocycles. The van der Waals surface area contributed by atoms with E-state index >= 15 is 0 Å². The number of ether oxygens (including phenoxy) is 4. The molecule has 6 nitrogen and oxygen atoms in total. The minimum absolute atomic E-state index is 0.147. The molecular weight excluding hydrogens is 408 g/mol. The monoisotopic (exact) mass is 438 g/mol. The molecule has 2 aliphatic heterocycles. The zero-order valence-corrected chi connectivity index (χ0v) is 18.5. The molecule has 0 aromatic heterocycles. The molecule has 3 aliphatic rings. The second kappa shape index (κ2) is 8.75. The zero-order valence-electron chi connectivity index (χ0n) is 18.5. The molecule has 3 fully saturated rings. The molecule has 0 bridgehead atoms. The van der Waals surface area contributed by atoms with E-state index in [1.165, 1.54) is 6.42 Å². The average Bonchev–Trinajstić information content (AvgIpc) is 3.72. The molecule has 170 valence electrons. The topological polar surface area (TPSA) is 80.8 Å². The van der Waals surface area contributed by atoms with Crippen LogP contribution in [0.25, 0.3) is 0 Å². The van der Waals surface area contributed by atoms with Gasteiger partial charge in [0.05, 0.1) is 18.8 Å². The molecule has 1 saturated carbocycles.